The Hall–Kier alpha value is -0.520. The average Bonchev–Trinajstić information content (AvgIpc) is 2.08. The molecule has 0 aromatic rings. The van der Waals surface area contributed by atoms with Crippen LogP contribution in [-0.4, -0.2) is 0 Å². The lowest BCUT2D eigenvalue weighted by atomic mass is 9.89. The fourth-order valence-corrected chi connectivity index (χ4v) is 2.13. The second kappa shape index (κ2) is 6.94. The first kappa shape index (κ1) is 10.6. The van der Waals surface area contributed by atoms with Crippen LogP contribution in [-0.2, 0) is 0 Å². The van der Waals surface area contributed by atoms with Gasteiger partial charge in [0.15, 0.2) is 0 Å². The largest absolute Gasteiger partial charge is 0.0843 e. The van der Waals surface area contributed by atoms with Gasteiger partial charge in [0, 0.05) is 0 Å². The van der Waals surface area contributed by atoms with Crippen LogP contribution in [0.2, 0.25) is 0 Å². The van der Waals surface area contributed by atoms with Gasteiger partial charge in [0.1, 0.15) is 0 Å². The van der Waals surface area contributed by atoms with Crippen molar-refractivity contribution in [3.8, 4) is 0 Å². The minimum Gasteiger partial charge on any atom is -0.0843 e. The second-order valence-electron chi connectivity index (χ2n) is 4.07. The van der Waals surface area contributed by atoms with Crippen molar-refractivity contribution in [1.82, 2.24) is 0 Å². The first-order valence-corrected chi connectivity index (χ1v) is 5.63. The molecule has 0 saturated heterocycles. The third-order valence-electron chi connectivity index (χ3n) is 2.94. The van der Waals surface area contributed by atoms with Crippen molar-refractivity contribution in [2.45, 2.75) is 51.4 Å². The molecular weight excluding hydrogens is 156 g/mol. The summed E-state index contributed by atoms with van der Waals surface area (Å²) in [4.78, 5) is 0. The van der Waals surface area contributed by atoms with Gasteiger partial charge in [0.05, 0.1) is 0 Å². The van der Waals surface area contributed by atoms with E-state index in [0.717, 1.165) is 5.92 Å². The van der Waals surface area contributed by atoms with E-state index in [9.17, 15) is 0 Å². The van der Waals surface area contributed by atoms with Crippen molar-refractivity contribution in [2.75, 3.05) is 0 Å². The van der Waals surface area contributed by atoms with Gasteiger partial charge in [-0.3, -0.25) is 0 Å². The quantitative estimate of drug-likeness (QED) is 0.564. The summed E-state index contributed by atoms with van der Waals surface area (Å²) in [5.41, 5.74) is 0. The molecule has 0 bridgehead atoms. The SMILES string of the molecule is [CH]=CC=CCC1CCCCCCC1. The maximum Gasteiger partial charge on any atom is -0.0319 e. The van der Waals surface area contributed by atoms with E-state index in [-0.39, 0.29) is 0 Å². The molecule has 1 aliphatic rings. The molecule has 1 fully saturated rings. The lowest BCUT2D eigenvalue weighted by Crippen LogP contribution is -2.02. The van der Waals surface area contributed by atoms with Crippen LogP contribution in [0, 0.1) is 12.5 Å². The molecule has 0 N–H and O–H groups in total. The highest BCUT2D eigenvalue weighted by Crippen LogP contribution is 2.24. The Bertz CT molecular complexity index is 147. The number of hydrogen-bond acceptors (Lipinski definition) is 0. The predicted octanol–water partition coefficient (Wildman–Crippen LogP) is 4.28. The maximum absolute atomic E-state index is 5.29. The topological polar surface area (TPSA) is 0 Å². The van der Waals surface area contributed by atoms with E-state index in [4.69, 9.17) is 6.58 Å². The summed E-state index contributed by atoms with van der Waals surface area (Å²) in [6.07, 6.45) is 17.1. The van der Waals surface area contributed by atoms with Gasteiger partial charge < -0.3 is 0 Å². The van der Waals surface area contributed by atoms with Gasteiger partial charge in [0.2, 0.25) is 0 Å². The summed E-state index contributed by atoms with van der Waals surface area (Å²) in [6, 6.07) is 0. The Kier molecular flexibility index (Phi) is 5.64. The lowest BCUT2D eigenvalue weighted by Gasteiger charge is -2.17. The Morgan fingerprint density at radius 3 is 2.23 bits per heavy atom. The molecule has 0 spiro atoms. The van der Waals surface area contributed by atoms with Crippen LogP contribution in [0.5, 0.6) is 0 Å². The standard InChI is InChI=1S/C13H21/c1-2-3-7-10-13-11-8-5-4-6-9-12-13/h1-3,7,13H,4-6,8-12H2. The zero-order valence-corrected chi connectivity index (χ0v) is 8.54. The van der Waals surface area contributed by atoms with E-state index in [0.29, 0.717) is 0 Å². The van der Waals surface area contributed by atoms with Gasteiger partial charge in [-0.25, -0.2) is 0 Å². The molecule has 1 rings (SSSR count). The molecule has 0 nitrogen and oxygen atoms in total. The summed E-state index contributed by atoms with van der Waals surface area (Å²) < 4.78 is 0. The Labute approximate surface area is 82.7 Å². The average molecular weight is 177 g/mol. The van der Waals surface area contributed by atoms with Crippen LogP contribution in [0.4, 0.5) is 0 Å². The van der Waals surface area contributed by atoms with Crippen molar-refractivity contribution >= 4 is 0 Å². The van der Waals surface area contributed by atoms with Crippen LogP contribution < -0.4 is 0 Å². The van der Waals surface area contributed by atoms with E-state index in [1.165, 1.54) is 51.4 Å². The molecule has 1 radical (unpaired) electrons. The molecule has 0 heterocycles. The molecule has 0 aliphatic heterocycles. The summed E-state index contributed by atoms with van der Waals surface area (Å²) in [5.74, 6) is 0.927. The van der Waals surface area contributed by atoms with Gasteiger partial charge in [0.25, 0.3) is 0 Å². The van der Waals surface area contributed by atoms with E-state index in [2.05, 4.69) is 6.08 Å². The highest BCUT2D eigenvalue weighted by Gasteiger charge is 2.08. The highest BCUT2D eigenvalue weighted by atomic mass is 14.1. The molecule has 0 aromatic carbocycles. The summed E-state index contributed by atoms with van der Waals surface area (Å²) >= 11 is 0. The van der Waals surface area contributed by atoms with Gasteiger partial charge in [-0.05, 0) is 12.3 Å². The summed E-state index contributed by atoms with van der Waals surface area (Å²) in [6.45, 7) is 5.29. The molecule has 1 aliphatic carbocycles. The molecule has 0 amide bonds. The first-order chi connectivity index (χ1) is 6.43. The lowest BCUT2D eigenvalue weighted by molar-refractivity contribution is 0.381. The van der Waals surface area contributed by atoms with Crippen LogP contribution in [0.3, 0.4) is 0 Å². The number of allylic oxidation sites excluding steroid dienone is 3. The fraction of sp³-hybridized carbons (Fsp3) is 0.692. The smallest absolute Gasteiger partial charge is 0.0319 e. The maximum atomic E-state index is 5.29. The van der Waals surface area contributed by atoms with E-state index >= 15 is 0 Å². The zero-order chi connectivity index (χ0) is 9.36. The number of hydrogen-bond donors (Lipinski definition) is 0. The third kappa shape index (κ3) is 4.92. The third-order valence-corrected chi connectivity index (χ3v) is 2.94. The van der Waals surface area contributed by atoms with Gasteiger partial charge in [-0.2, -0.15) is 0 Å². The van der Waals surface area contributed by atoms with Crippen molar-refractivity contribution in [1.29, 1.82) is 0 Å². The van der Waals surface area contributed by atoms with Crippen molar-refractivity contribution in [3.05, 3.63) is 24.8 Å². The van der Waals surface area contributed by atoms with Crippen molar-refractivity contribution in [3.63, 3.8) is 0 Å². The van der Waals surface area contributed by atoms with E-state index < -0.39 is 0 Å². The van der Waals surface area contributed by atoms with Gasteiger partial charge in [-0.15, -0.1) is 0 Å². The molecule has 0 atom stereocenters. The van der Waals surface area contributed by atoms with Crippen LogP contribution in [0.15, 0.2) is 18.2 Å². The van der Waals surface area contributed by atoms with E-state index in [1.807, 2.05) is 6.08 Å². The molecule has 1 saturated carbocycles. The molecule has 13 heavy (non-hydrogen) atoms. The first-order valence-electron chi connectivity index (χ1n) is 5.63. The van der Waals surface area contributed by atoms with Gasteiger partial charge >= 0.3 is 0 Å². The highest BCUT2D eigenvalue weighted by molar-refractivity contribution is 4.96. The molecular formula is C13H21. The predicted molar refractivity (Wildman–Crippen MR) is 58.4 cm³/mol. The van der Waals surface area contributed by atoms with Crippen LogP contribution in [0.25, 0.3) is 0 Å². The Balaban J connectivity index is 2.20. The minimum absolute atomic E-state index is 0.927. The Morgan fingerprint density at radius 1 is 1.00 bits per heavy atom. The monoisotopic (exact) mass is 177 g/mol. The molecule has 0 aromatic heterocycles. The zero-order valence-electron chi connectivity index (χ0n) is 8.54. The fourth-order valence-electron chi connectivity index (χ4n) is 2.13. The van der Waals surface area contributed by atoms with E-state index in [1.54, 1.807) is 6.08 Å². The second-order valence-corrected chi connectivity index (χ2v) is 4.07. The molecule has 73 valence electrons. The van der Waals surface area contributed by atoms with Crippen molar-refractivity contribution in [2.24, 2.45) is 5.92 Å². The molecule has 0 unspecified atom stereocenters. The van der Waals surface area contributed by atoms with Crippen LogP contribution in [0.1, 0.15) is 51.4 Å². The summed E-state index contributed by atoms with van der Waals surface area (Å²) in [7, 11) is 0. The Morgan fingerprint density at radius 2 is 1.62 bits per heavy atom. The van der Waals surface area contributed by atoms with Crippen molar-refractivity contribution < 1.29 is 0 Å². The molecule has 0 heteroatoms. The normalized spacial score (nSPS) is 21.2. The van der Waals surface area contributed by atoms with Crippen LogP contribution >= 0.6 is 0 Å². The van der Waals surface area contributed by atoms with Gasteiger partial charge in [-0.1, -0.05) is 69.8 Å². The summed E-state index contributed by atoms with van der Waals surface area (Å²) in [5, 5.41) is 0. The number of rotatable bonds is 3. The minimum atomic E-state index is 0.927.